The molecule has 6 nitrogen and oxygen atoms in total. The summed E-state index contributed by atoms with van der Waals surface area (Å²) in [5.74, 6) is -0.521. The van der Waals surface area contributed by atoms with E-state index >= 15 is 0 Å². The lowest BCUT2D eigenvalue weighted by atomic mass is 10.1. The van der Waals surface area contributed by atoms with E-state index in [1.807, 2.05) is 13.0 Å². The second-order valence-corrected chi connectivity index (χ2v) is 5.94. The molecule has 0 aliphatic carbocycles. The van der Waals surface area contributed by atoms with Crippen LogP contribution in [0.2, 0.25) is 0 Å². The fourth-order valence-corrected chi connectivity index (χ4v) is 2.65. The van der Waals surface area contributed by atoms with Crippen molar-refractivity contribution in [2.45, 2.75) is 13.8 Å². The minimum atomic E-state index is -2.07. The minimum Gasteiger partial charge on any atom is -0.277 e. The van der Waals surface area contributed by atoms with E-state index < -0.39 is 17.2 Å². The topological polar surface area (TPSA) is 83.3 Å². The second kappa shape index (κ2) is 7.13. The van der Waals surface area contributed by atoms with Crippen molar-refractivity contribution in [3.05, 3.63) is 58.9 Å². The lowest BCUT2D eigenvalue weighted by Gasteiger charge is -2.21. The second-order valence-electron chi connectivity index (χ2n) is 4.80. The van der Waals surface area contributed by atoms with E-state index in [0.29, 0.717) is 11.3 Å². The summed E-state index contributed by atoms with van der Waals surface area (Å²) < 4.78 is 18.0. The molecule has 0 aliphatic heterocycles. The molecule has 1 heterocycles. The van der Waals surface area contributed by atoms with Crippen molar-refractivity contribution < 1.29 is 13.2 Å². The van der Waals surface area contributed by atoms with Gasteiger partial charge in [0.15, 0.2) is 0 Å². The Labute approximate surface area is 137 Å². The van der Waals surface area contributed by atoms with Crippen molar-refractivity contribution >= 4 is 22.9 Å². The molecule has 2 rings (SSSR count). The quantitative estimate of drug-likeness (QED) is 0.860. The molecular weight excluding hydrogens is 314 g/mol. The molecule has 0 spiro atoms. The lowest BCUT2D eigenvalue weighted by molar-refractivity contribution is 0.100. The van der Waals surface area contributed by atoms with Crippen LogP contribution in [0.15, 0.2) is 36.5 Å². The molecule has 1 aromatic heterocycles. The molecule has 1 aromatic carbocycles. The molecule has 0 N–H and O–H groups in total. The highest BCUT2D eigenvalue weighted by Crippen LogP contribution is 2.24. The Morgan fingerprint density at radius 1 is 1.30 bits per heavy atom. The fraction of sp³-hybridized carbons (Fsp3) is 0.188. The van der Waals surface area contributed by atoms with Crippen molar-refractivity contribution in [3.8, 4) is 6.07 Å². The van der Waals surface area contributed by atoms with Gasteiger partial charge in [0, 0.05) is 17.5 Å². The maximum absolute atomic E-state index is 12.8. The molecule has 23 heavy (non-hydrogen) atoms. The highest BCUT2D eigenvalue weighted by molar-refractivity contribution is 7.82. The number of nitrogens with zero attached hydrogens (tertiary/aromatic N) is 3. The van der Waals surface area contributed by atoms with Crippen LogP contribution in [-0.2, 0) is 15.4 Å². The smallest absolute Gasteiger partial charge is 0.272 e. The SMILES string of the molecule is COS(=O)N(C(=O)c1ccc(C)cc1)c1cc(C)ncc1C#N. The van der Waals surface area contributed by atoms with Gasteiger partial charge in [0.2, 0.25) is 0 Å². The maximum atomic E-state index is 12.8. The minimum absolute atomic E-state index is 0.140. The number of pyridine rings is 1. The zero-order chi connectivity index (χ0) is 17.0. The predicted octanol–water partition coefficient (Wildman–Crippen LogP) is 2.44. The van der Waals surface area contributed by atoms with E-state index in [1.54, 1.807) is 31.2 Å². The summed E-state index contributed by atoms with van der Waals surface area (Å²) in [7, 11) is 1.23. The van der Waals surface area contributed by atoms with Crippen molar-refractivity contribution in [2.75, 3.05) is 11.4 Å². The number of aromatic nitrogens is 1. The van der Waals surface area contributed by atoms with Gasteiger partial charge in [-0.25, -0.2) is 4.21 Å². The van der Waals surface area contributed by atoms with E-state index in [9.17, 15) is 14.3 Å². The summed E-state index contributed by atoms with van der Waals surface area (Å²) in [6, 6.07) is 10.3. The molecule has 0 aliphatic rings. The maximum Gasteiger partial charge on any atom is 0.272 e. The summed E-state index contributed by atoms with van der Waals surface area (Å²) in [5, 5.41) is 9.23. The van der Waals surface area contributed by atoms with Crippen LogP contribution in [-0.4, -0.2) is 22.2 Å². The van der Waals surface area contributed by atoms with E-state index in [1.165, 1.54) is 19.4 Å². The summed E-state index contributed by atoms with van der Waals surface area (Å²) in [6.07, 6.45) is 1.34. The number of amides is 1. The Morgan fingerprint density at radius 3 is 2.52 bits per heavy atom. The first-order chi connectivity index (χ1) is 11.0. The summed E-state index contributed by atoms with van der Waals surface area (Å²) in [6.45, 7) is 3.62. The number of nitriles is 1. The Kier molecular flexibility index (Phi) is 5.21. The van der Waals surface area contributed by atoms with Gasteiger partial charge < -0.3 is 0 Å². The van der Waals surface area contributed by atoms with Crippen LogP contribution < -0.4 is 4.31 Å². The normalized spacial score (nSPS) is 11.6. The lowest BCUT2D eigenvalue weighted by Crippen LogP contribution is -2.34. The monoisotopic (exact) mass is 329 g/mol. The summed E-state index contributed by atoms with van der Waals surface area (Å²) in [5.41, 5.74) is 2.28. The molecule has 7 heteroatoms. The van der Waals surface area contributed by atoms with Crippen molar-refractivity contribution in [1.82, 2.24) is 4.98 Å². The van der Waals surface area contributed by atoms with E-state index in [0.717, 1.165) is 9.87 Å². The summed E-state index contributed by atoms with van der Waals surface area (Å²) >= 11 is -2.07. The van der Waals surface area contributed by atoms with Crippen LogP contribution in [0, 0.1) is 25.2 Å². The third-order valence-electron chi connectivity index (χ3n) is 3.13. The average Bonchev–Trinajstić information content (AvgIpc) is 2.55. The van der Waals surface area contributed by atoms with Gasteiger partial charge >= 0.3 is 0 Å². The highest BCUT2D eigenvalue weighted by atomic mass is 32.2. The van der Waals surface area contributed by atoms with Gasteiger partial charge in [-0.2, -0.15) is 9.57 Å². The van der Waals surface area contributed by atoms with E-state index in [4.69, 9.17) is 4.18 Å². The molecule has 0 bridgehead atoms. The predicted molar refractivity (Wildman–Crippen MR) is 86.8 cm³/mol. The third-order valence-corrected chi connectivity index (χ3v) is 4.08. The van der Waals surface area contributed by atoms with Crippen LogP contribution in [0.4, 0.5) is 5.69 Å². The first-order valence-corrected chi connectivity index (χ1v) is 7.75. The van der Waals surface area contributed by atoms with Gasteiger partial charge in [-0.3, -0.25) is 14.0 Å². The van der Waals surface area contributed by atoms with Crippen molar-refractivity contribution in [2.24, 2.45) is 0 Å². The van der Waals surface area contributed by atoms with Gasteiger partial charge in [-0.15, -0.1) is 0 Å². The standard InChI is InChI=1S/C16H15N3O3S/c1-11-4-6-13(7-5-11)16(20)19(23(21)22-3)15-8-12(2)18-10-14(15)9-17/h4-8,10H,1-3H3. The van der Waals surface area contributed by atoms with Crippen LogP contribution in [0.5, 0.6) is 0 Å². The number of rotatable bonds is 4. The zero-order valence-corrected chi connectivity index (χ0v) is 13.8. The molecule has 1 unspecified atom stereocenters. The molecule has 0 radical (unpaired) electrons. The Morgan fingerprint density at radius 2 is 1.96 bits per heavy atom. The highest BCUT2D eigenvalue weighted by Gasteiger charge is 2.27. The molecule has 2 aromatic rings. The molecule has 0 fully saturated rings. The molecule has 1 atom stereocenters. The van der Waals surface area contributed by atoms with Crippen LogP contribution in [0.1, 0.15) is 27.2 Å². The number of hydrogen-bond donors (Lipinski definition) is 0. The van der Waals surface area contributed by atoms with E-state index in [-0.39, 0.29) is 11.3 Å². The first kappa shape index (κ1) is 16.8. The fourth-order valence-electron chi connectivity index (χ4n) is 1.94. The zero-order valence-electron chi connectivity index (χ0n) is 12.9. The molecule has 0 saturated carbocycles. The number of anilines is 1. The van der Waals surface area contributed by atoms with Crippen molar-refractivity contribution in [1.29, 1.82) is 5.26 Å². The number of carbonyl (C=O) groups excluding carboxylic acids is 1. The molecule has 1 amide bonds. The Bertz CT molecular complexity index is 797. The van der Waals surface area contributed by atoms with Gasteiger partial charge in [0.05, 0.1) is 18.4 Å². The third kappa shape index (κ3) is 3.62. The van der Waals surface area contributed by atoms with Gasteiger partial charge in [-0.05, 0) is 32.0 Å². The van der Waals surface area contributed by atoms with Crippen molar-refractivity contribution in [3.63, 3.8) is 0 Å². The first-order valence-electron chi connectivity index (χ1n) is 6.72. The number of aryl methyl sites for hydroxylation is 2. The van der Waals surface area contributed by atoms with Crippen LogP contribution in [0.3, 0.4) is 0 Å². The largest absolute Gasteiger partial charge is 0.277 e. The number of benzene rings is 1. The number of carbonyl (C=O) groups is 1. The molecule has 0 saturated heterocycles. The molecule has 118 valence electrons. The van der Waals surface area contributed by atoms with Crippen LogP contribution >= 0.6 is 0 Å². The van der Waals surface area contributed by atoms with Crippen LogP contribution in [0.25, 0.3) is 0 Å². The number of hydrogen-bond acceptors (Lipinski definition) is 5. The summed E-state index contributed by atoms with van der Waals surface area (Å²) in [4.78, 5) is 16.8. The average molecular weight is 329 g/mol. The van der Waals surface area contributed by atoms with Gasteiger partial charge in [-0.1, -0.05) is 17.7 Å². The Balaban J connectivity index is 2.56. The van der Waals surface area contributed by atoms with Gasteiger partial charge in [0.25, 0.3) is 17.2 Å². The van der Waals surface area contributed by atoms with E-state index in [2.05, 4.69) is 4.98 Å². The molecular formula is C16H15N3O3S. The van der Waals surface area contributed by atoms with Gasteiger partial charge in [0.1, 0.15) is 6.07 Å². The Hall–Kier alpha value is -2.56.